The highest BCUT2D eigenvalue weighted by Crippen LogP contribution is 2.32. The second-order valence-electron chi connectivity index (χ2n) is 4.95. The molecule has 0 aromatic rings. The van der Waals surface area contributed by atoms with E-state index in [9.17, 15) is 0 Å². The molecule has 2 nitrogen and oxygen atoms in total. The lowest BCUT2D eigenvalue weighted by atomic mass is 9.96. The summed E-state index contributed by atoms with van der Waals surface area (Å²) < 4.78 is 0. The normalized spacial score (nSPS) is 41.5. The maximum atomic E-state index is 3.65. The Morgan fingerprint density at radius 1 is 0.923 bits per heavy atom. The molecular formula is C11H20N2. The molecule has 3 rings (SSSR count). The molecule has 0 aromatic carbocycles. The van der Waals surface area contributed by atoms with E-state index in [1.54, 1.807) is 0 Å². The standard InChI is InChI=1S/C11H20N2/c1-2-10(1)13-7-4-9-3-6-12-11(9)5-8-13/h9-12H,1-8H2. The van der Waals surface area contributed by atoms with E-state index >= 15 is 0 Å². The molecule has 1 aliphatic carbocycles. The minimum Gasteiger partial charge on any atom is -0.314 e. The summed E-state index contributed by atoms with van der Waals surface area (Å²) in [5.41, 5.74) is 0. The molecule has 2 aliphatic heterocycles. The lowest BCUT2D eigenvalue weighted by molar-refractivity contribution is 0.268. The van der Waals surface area contributed by atoms with E-state index in [2.05, 4.69) is 10.2 Å². The van der Waals surface area contributed by atoms with Crippen molar-refractivity contribution in [2.45, 2.75) is 44.2 Å². The molecule has 74 valence electrons. The van der Waals surface area contributed by atoms with Crippen LogP contribution in [0.15, 0.2) is 0 Å². The molecule has 3 fully saturated rings. The van der Waals surface area contributed by atoms with Crippen LogP contribution < -0.4 is 5.32 Å². The summed E-state index contributed by atoms with van der Waals surface area (Å²) in [5, 5.41) is 3.65. The minimum absolute atomic E-state index is 0.865. The smallest absolute Gasteiger partial charge is 0.0108 e. The maximum Gasteiger partial charge on any atom is 0.0108 e. The van der Waals surface area contributed by atoms with E-state index in [0.29, 0.717) is 0 Å². The fourth-order valence-electron chi connectivity index (χ4n) is 3.06. The summed E-state index contributed by atoms with van der Waals surface area (Å²) >= 11 is 0. The molecule has 0 spiro atoms. The van der Waals surface area contributed by atoms with Crippen LogP contribution >= 0.6 is 0 Å². The first-order valence-corrected chi connectivity index (χ1v) is 5.91. The first-order valence-electron chi connectivity index (χ1n) is 5.91. The first kappa shape index (κ1) is 8.25. The highest BCUT2D eigenvalue weighted by atomic mass is 15.2. The Kier molecular flexibility index (Phi) is 2.06. The topological polar surface area (TPSA) is 15.3 Å². The van der Waals surface area contributed by atoms with Crippen LogP contribution in [0.2, 0.25) is 0 Å². The van der Waals surface area contributed by atoms with Crippen LogP contribution in [-0.2, 0) is 0 Å². The highest BCUT2D eigenvalue weighted by molar-refractivity contribution is 4.92. The van der Waals surface area contributed by atoms with Gasteiger partial charge in [-0.25, -0.2) is 0 Å². The van der Waals surface area contributed by atoms with E-state index in [-0.39, 0.29) is 0 Å². The lowest BCUT2D eigenvalue weighted by Crippen LogP contribution is -2.30. The molecule has 3 aliphatic rings. The third-order valence-corrected chi connectivity index (χ3v) is 4.07. The molecule has 13 heavy (non-hydrogen) atoms. The van der Waals surface area contributed by atoms with Crippen LogP contribution in [0.4, 0.5) is 0 Å². The van der Waals surface area contributed by atoms with Crippen molar-refractivity contribution < 1.29 is 0 Å². The summed E-state index contributed by atoms with van der Waals surface area (Å²) in [6, 6.07) is 1.85. The Bertz CT molecular complexity index is 175. The monoisotopic (exact) mass is 180 g/mol. The molecule has 1 saturated carbocycles. The number of rotatable bonds is 1. The van der Waals surface area contributed by atoms with Gasteiger partial charge in [-0.15, -0.1) is 0 Å². The Labute approximate surface area is 80.7 Å². The second kappa shape index (κ2) is 3.25. The predicted octanol–water partition coefficient (Wildman–Crippen LogP) is 1.22. The number of fused-ring (bicyclic) bond motifs is 1. The Hall–Kier alpha value is -0.0800. The zero-order chi connectivity index (χ0) is 8.67. The average molecular weight is 180 g/mol. The van der Waals surface area contributed by atoms with Crippen LogP contribution in [-0.4, -0.2) is 36.6 Å². The minimum atomic E-state index is 0.865. The van der Waals surface area contributed by atoms with Gasteiger partial charge < -0.3 is 10.2 Å². The molecule has 2 saturated heterocycles. The van der Waals surface area contributed by atoms with E-state index in [0.717, 1.165) is 18.0 Å². The van der Waals surface area contributed by atoms with Gasteiger partial charge in [0, 0.05) is 12.1 Å². The number of nitrogens with zero attached hydrogens (tertiary/aromatic N) is 1. The highest BCUT2D eigenvalue weighted by Gasteiger charge is 2.35. The van der Waals surface area contributed by atoms with Crippen molar-refractivity contribution in [2.75, 3.05) is 19.6 Å². The molecule has 2 unspecified atom stereocenters. The van der Waals surface area contributed by atoms with Gasteiger partial charge in [0.2, 0.25) is 0 Å². The van der Waals surface area contributed by atoms with Crippen molar-refractivity contribution in [1.29, 1.82) is 0 Å². The second-order valence-corrected chi connectivity index (χ2v) is 4.95. The molecule has 2 heterocycles. The van der Waals surface area contributed by atoms with Crippen LogP contribution in [0, 0.1) is 5.92 Å². The summed E-state index contributed by atoms with van der Waals surface area (Å²) in [5.74, 6) is 1.00. The van der Waals surface area contributed by atoms with Gasteiger partial charge in [-0.3, -0.25) is 0 Å². The Morgan fingerprint density at radius 2 is 1.77 bits per heavy atom. The Morgan fingerprint density at radius 3 is 2.62 bits per heavy atom. The number of hydrogen-bond acceptors (Lipinski definition) is 2. The van der Waals surface area contributed by atoms with E-state index in [4.69, 9.17) is 0 Å². The summed E-state index contributed by atoms with van der Waals surface area (Å²) in [4.78, 5) is 2.74. The number of likely N-dealkylation sites (tertiary alicyclic amines) is 1. The van der Waals surface area contributed by atoms with Crippen molar-refractivity contribution in [2.24, 2.45) is 5.92 Å². The third-order valence-electron chi connectivity index (χ3n) is 4.07. The summed E-state index contributed by atoms with van der Waals surface area (Å²) in [6.07, 6.45) is 7.24. The predicted molar refractivity (Wildman–Crippen MR) is 53.7 cm³/mol. The zero-order valence-corrected chi connectivity index (χ0v) is 8.34. The van der Waals surface area contributed by atoms with Gasteiger partial charge in [0.25, 0.3) is 0 Å². The number of hydrogen-bond donors (Lipinski definition) is 1. The van der Waals surface area contributed by atoms with E-state index in [1.165, 1.54) is 51.7 Å². The van der Waals surface area contributed by atoms with E-state index < -0.39 is 0 Å². The number of nitrogens with one attached hydrogen (secondary N) is 1. The van der Waals surface area contributed by atoms with Gasteiger partial charge in [0.05, 0.1) is 0 Å². The van der Waals surface area contributed by atoms with Crippen LogP contribution in [0.3, 0.4) is 0 Å². The Balaban J connectivity index is 1.62. The van der Waals surface area contributed by atoms with E-state index in [1.807, 2.05) is 0 Å². The fraction of sp³-hybridized carbons (Fsp3) is 1.00. The first-order chi connectivity index (χ1) is 6.43. The molecular weight excluding hydrogens is 160 g/mol. The van der Waals surface area contributed by atoms with Crippen LogP contribution in [0.5, 0.6) is 0 Å². The summed E-state index contributed by atoms with van der Waals surface area (Å²) in [6.45, 7) is 4.02. The van der Waals surface area contributed by atoms with Gasteiger partial charge in [0.15, 0.2) is 0 Å². The summed E-state index contributed by atoms with van der Waals surface area (Å²) in [7, 11) is 0. The van der Waals surface area contributed by atoms with Gasteiger partial charge in [-0.2, -0.15) is 0 Å². The molecule has 2 atom stereocenters. The van der Waals surface area contributed by atoms with Crippen molar-refractivity contribution in [3.05, 3.63) is 0 Å². The molecule has 0 radical (unpaired) electrons. The van der Waals surface area contributed by atoms with Crippen molar-refractivity contribution in [3.63, 3.8) is 0 Å². The molecule has 1 N–H and O–H groups in total. The molecule has 2 heteroatoms. The van der Waals surface area contributed by atoms with Gasteiger partial charge in [-0.1, -0.05) is 0 Å². The van der Waals surface area contributed by atoms with Crippen LogP contribution in [0.25, 0.3) is 0 Å². The third kappa shape index (κ3) is 1.62. The van der Waals surface area contributed by atoms with Gasteiger partial charge in [0.1, 0.15) is 0 Å². The van der Waals surface area contributed by atoms with Crippen molar-refractivity contribution >= 4 is 0 Å². The lowest BCUT2D eigenvalue weighted by Gasteiger charge is -2.19. The molecule has 0 aromatic heterocycles. The SMILES string of the molecule is C1CC2CCN(C3CC3)CCC2N1. The zero-order valence-electron chi connectivity index (χ0n) is 8.34. The van der Waals surface area contributed by atoms with Gasteiger partial charge in [-0.05, 0) is 57.7 Å². The molecule has 0 bridgehead atoms. The average Bonchev–Trinajstić information content (AvgIpc) is 2.90. The van der Waals surface area contributed by atoms with Crippen LogP contribution in [0.1, 0.15) is 32.1 Å². The quantitative estimate of drug-likeness (QED) is 0.653. The molecule has 0 amide bonds. The van der Waals surface area contributed by atoms with Crippen molar-refractivity contribution in [3.8, 4) is 0 Å². The van der Waals surface area contributed by atoms with Gasteiger partial charge >= 0.3 is 0 Å². The van der Waals surface area contributed by atoms with Crippen molar-refractivity contribution in [1.82, 2.24) is 10.2 Å². The maximum absolute atomic E-state index is 3.65. The largest absolute Gasteiger partial charge is 0.314 e. The fourth-order valence-corrected chi connectivity index (χ4v) is 3.06.